The first-order chi connectivity index (χ1) is 14.9. The van der Waals surface area contributed by atoms with Crippen LogP contribution in [0.2, 0.25) is 10.0 Å². The molecule has 0 spiro atoms. The van der Waals surface area contributed by atoms with Gasteiger partial charge in [-0.3, -0.25) is 4.79 Å². The van der Waals surface area contributed by atoms with E-state index < -0.39 is 0 Å². The summed E-state index contributed by atoms with van der Waals surface area (Å²) >= 11 is 12.7. The summed E-state index contributed by atoms with van der Waals surface area (Å²) in [5, 5.41) is 4.78. The molecule has 0 bridgehead atoms. The maximum absolute atomic E-state index is 10.3. The largest absolute Gasteiger partial charge is 2.00 e. The van der Waals surface area contributed by atoms with Crippen molar-refractivity contribution in [2.45, 2.75) is 45.0 Å². The minimum Gasteiger partial charge on any atom is -1.00 e. The zero-order valence-electron chi connectivity index (χ0n) is 19.5. The van der Waals surface area contributed by atoms with E-state index in [1.807, 2.05) is 13.8 Å². The van der Waals surface area contributed by atoms with Gasteiger partial charge in [-0.15, -0.1) is 0 Å². The second-order valence-electron chi connectivity index (χ2n) is 7.31. The van der Waals surface area contributed by atoms with E-state index in [4.69, 9.17) is 41.9 Å². The molecule has 8 nitrogen and oxygen atoms in total. The van der Waals surface area contributed by atoms with E-state index in [-0.39, 0.29) is 50.1 Å². The zero-order valence-corrected chi connectivity index (χ0v) is 20.4. The summed E-state index contributed by atoms with van der Waals surface area (Å²) in [7, 11) is 0. The number of aromatic nitrogens is 3. The molecule has 2 heterocycles. The van der Waals surface area contributed by atoms with E-state index in [0.717, 1.165) is 0 Å². The Balaban J connectivity index is 0.00000193. The first-order valence-electron chi connectivity index (χ1n) is 9.65. The molecule has 11 heteroatoms. The van der Waals surface area contributed by atoms with Gasteiger partial charge >= 0.3 is 23.1 Å². The van der Waals surface area contributed by atoms with Crippen molar-refractivity contribution < 1.29 is 26.4 Å². The van der Waals surface area contributed by atoms with E-state index in [2.05, 4.69) is 15.1 Å². The summed E-state index contributed by atoms with van der Waals surface area (Å²) in [6, 6.07) is 6.89. The van der Waals surface area contributed by atoms with Crippen LogP contribution in [0.15, 0.2) is 35.0 Å². The molecule has 0 aliphatic heterocycles. The molecule has 1 aliphatic carbocycles. The summed E-state index contributed by atoms with van der Waals surface area (Å²) in [5.41, 5.74) is 1.16. The Bertz CT molecular complexity index is 1100. The molecule has 4 rings (SSSR count). The average Bonchev–Trinajstić information content (AvgIpc) is 3.17. The first kappa shape index (κ1) is 24.6. The van der Waals surface area contributed by atoms with E-state index in [1.54, 1.807) is 30.5 Å². The van der Waals surface area contributed by atoms with Crippen molar-refractivity contribution in [2.75, 3.05) is 0 Å². The Morgan fingerprint density at radius 3 is 2.62 bits per heavy atom. The molecule has 1 saturated carbocycles. The summed E-state index contributed by atoms with van der Waals surface area (Å²) in [5.74, 6) is 1.54. The maximum Gasteiger partial charge on any atom is 2.00 e. The molecule has 0 amide bonds. The van der Waals surface area contributed by atoms with Crippen molar-refractivity contribution >= 4 is 52.7 Å². The van der Waals surface area contributed by atoms with Gasteiger partial charge in [-0.25, -0.2) is 4.98 Å². The Morgan fingerprint density at radius 2 is 1.97 bits per heavy atom. The van der Waals surface area contributed by atoms with Gasteiger partial charge in [0.2, 0.25) is 11.7 Å². The first-order valence-corrected chi connectivity index (χ1v) is 10.4. The average molecular weight is 491 g/mol. The SMILES string of the molecule is CC(C)Oc1ncc(-c2nc(-c3ccc(OC4CC(OC=O)C4)cc3Cl)no2)cc1Cl.[H-].[H-].[Mg+2]. The Hall–Kier alpha value is -2.07. The van der Waals surface area contributed by atoms with Gasteiger partial charge in [0.1, 0.15) is 23.0 Å². The van der Waals surface area contributed by atoms with Crippen molar-refractivity contribution in [3.8, 4) is 34.5 Å². The number of nitrogens with zero attached hydrogens (tertiary/aromatic N) is 3. The molecule has 32 heavy (non-hydrogen) atoms. The number of pyridine rings is 1. The summed E-state index contributed by atoms with van der Waals surface area (Å²) < 4.78 is 21.6. The predicted octanol–water partition coefficient (Wildman–Crippen LogP) is 4.82. The molecular weight excluding hydrogens is 469 g/mol. The fourth-order valence-corrected chi connectivity index (χ4v) is 3.51. The van der Waals surface area contributed by atoms with Crippen LogP contribution in [0, 0.1) is 0 Å². The molecule has 2 aromatic heterocycles. The summed E-state index contributed by atoms with van der Waals surface area (Å²) in [6.07, 6.45) is 2.73. The van der Waals surface area contributed by atoms with Gasteiger partial charge in [0.05, 0.1) is 16.7 Å². The van der Waals surface area contributed by atoms with E-state index in [9.17, 15) is 4.79 Å². The van der Waals surface area contributed by atoms with Crippen molar-refractivity contribution in [1.82, 2.24) is 15.1 Å². The Labute approximate surface area is 213 Å². The number of benzene rings is 1. The van der Waals surface area contributed by atoms with Gasteiger partial charge in [0, 0.05) is 24.6 Å². The van der Waals surface area contributed by atoms with Crippen LogP contribution < -0.4 is 9.47 Å². The quantitative estimate of drug-likeness (QED) is 0.328. The molecule has 1 aliphatic rings. The fourth-order valence-electron chi connectivity index (χ4n) is 3.05. The molecule has 0 saturated heterocycles. The zero-order chi connectivity index (χ0) is 22.0. The van der Waals surface area contributed by atoms with Gasteiger partial charge in [0.25, 0.3) is 12.4 Å². The van der Waals surface area contributed by atoms with Crippen LogP contribution in [-0.2, 0) is 9.53 Å². The van der Waals surface area contributed by atoms with Crippen LogP contribution in [0.1, 0.15) is 29.5 Å². The van der Waals surface area contributed by atoms with Crippen molar-refractivity contribution in [1.29, 1.82) is 0 Å². The summed E-state index contributed by atoms with van der Waals surface area (Å²) in [6.45, 7) is 4.24. The molecule has 0 radical (unpaired) electrons. The second kappa shape index (κ2) is 10.7. The molecule has 0 N–H and O–H groups in total. The van der Waals surface area contributed by atoms with Crippen molar-refractivity contribution in [2.24, 2.45) is 0 Å². The molecule has 1 fully saturated rings. The number of halogens is 2. The van der Waals surface area contributed by atoms with E-state index in [0.29, 0.717) is 57.9 Å². The third-order valence-corrected chi connectivity index (χ3v) is 5.19. The van der Waals surface area contributed by atoms with Gasteiger partial charge in [-0.2, -0.15) is 4.98 Å². The van der Waals surface area contributed by atoms with Crippen LogP contribution in [-0.4, -0.2) is 63.0 Å². The molecule has 1 aromatic carbocycles. The van der Waals surface area contributed by atoms with Crippen molar-refractivity contribution in [3.05, 3.63) is 40.5 Å². The van der Waals surface area contributed by atoms with Crippen LogP contribution in [0.3, 0.4) is 0 Å². The number of hydrogen-bond acceptors (Lipinski definition) is 8. The number of ether oxygens (including phenoxy) is 3. The smallest absolute Gasteiger partial charge is 1.00 e. The third kappa shape index (κ3) is 5.64. The third-order valence-electron chi connectivity index (χ3n) is 4.61. The maximum atomic E-state index is 10.3. The number of hydrogen-bond donors (Lipinski definition) is 0. The number of carbonyl (C=O) groups excluding carboxylic acids is 1. The topological polar surface area (TPSA) is 96.6 Å². The standard InChI is InChI=1S/C21H19Cl2N3O5.Mg.2H/c1-11(2)29-21-18(23)5-12(9-24-21)20-25-19(26-31-20)16-4-3-13(8-17(16)22)30-15-6-14(7-15)28-10-27;;;/h3-5,8-11,14-15H,6-7H2,1-2H3;;;/q;+2;2*-1. The molecular formula is C21H21Cl2MgN3O5. The Kier molecular flexibility index (Phi) is 8.21. The van der Waals surface area contributed by atoms with Crippen LogP contribution in [0.4, 0.5) is 0 Å². The molecule has 0 atom stereocenters. The van der Waals surface area contributed by atoms with Crippen LogP contribution in [0.5, 0.6) is 11.6 Å². The van der Waals surface area contributed by atoms with Gasteiger partial charge in [-0.05, 0) is 38.1 Å². The van der Waals surface area contributed by atoms with Crippen LogP contribution >= 0.6 is 23.2 Å². The van der Waals surface area contributed by atoms with E-state index in [1.165, 1.54) is 0 Å². The molecule has 3 aromatic rings. The minimum atomic E-state index is -0.0796. The number of carbonyl (C=O) groups is 1. The van der Waals surface area contributed by atoms with Crippen molar-refractivity contribution in [3.63, 3.8) is 0 Å². The van der Waals surface area contributed by atoms with Crippen LogP contribution in [0.25, 0.3) is 22.8 Å². The molecule has 166 valence electrons. The van der Waals surface area contributed by atoms with E-state index >= 15 is 0 Å². The minimum absolute atomic E-state index is 0. The second-order valence-corrected chi connectivity index (χ2v) is 8.12. The van der Waals surface area contributed by atoms with Gasteiger partial charge < -0.3 is 21.6 Å². The fraction of sp³-hybridized carbons (Fsp3) is 0.333. The molecule has 0 unspecified atom stereocenters. The normalized spacial score (nSPS) is 17.3. The monoisotopic (exact) mass is 489 g/mol. The summed E-state index contributed by atoms with van der Waals surface area (Å²) in [4.78, 5) is 18.9. The number of rotatable bonds is 8. The van der Waals surface area contributed by atoms with Gasteiger partial charge in [0.15, 0.2) is 0 Å². The predicted molar refractivity (Wildman–Crippen MR) is 121 cm³/mol. The Morgan fingerprint density at radius 1 is 1.19 bits per heavy atom. The van der Waals surface area contributed by atoms with Gasteiger partial charge in [-0.1, -0.05) is 28.4 Å².